The number of carbonyl (C=O) groups is 1. The van der Waals surface area contributed by atoms with Gasteiger partial charge in [-0.2, -0.15) is 5.10 Å². The molecule has 9 heteroatoms. The highest BCUT2D eigenvalue weighted by Crippen LogP contribution is 2.36. The molecule has 1 saturated carbocycles. The molecular weight excluding hydrogens is 408 g/mol. The lowest BCUT2D eigenvalue weighted by Gasteiger charge is -2.18. The number of imidazole rings is 1. The first-order valence-corrected chi connectivity index (χ1v) is 10.6. The van der Waals surface area contributed by atoms with Crippen LogP contribution >= 0.6 is 0 Å². The van der Waals surface area contributed by atoms with E-state index in [2.05, 4.69) is 20.4 Å². The first kappa shape index (κ1) is 20.2. The SMILES string of the molecule is Cn1nc2ccc(OCc3ccccn3)cc2c1C(=O)NC(CO)c1nccn1C1CC1. The summed E-state index contributed by atoms with van der Waals surface area (Å²) in [6, 6.07) is 10.9. The molecule has 32 heavy (non-hydrogen) atoms. The molecule has 1 amide bonds. The predicted molar refractivity (Wildman–Crippen MR) is 117 cm³/mol. The molecule has 0 bridgehead atoms. The third kappa shape index (κ3) is 3.94. The molecule has 1 aliphatic rings. The number of pyridine rings is 1. The fourth-order valence-electron chi connectivity index (χ4n) is 3.85. The first-order chi connectivity index (χ1) is 15.6. The maximum Gasteiger partial charge on any atom is 0.270 e. The molecule has 0 radical (unpaired) electrons. The Labute approximate surface area is 184 Å². The Hall–Kier alpha value is -3.72. The molecule has 1 aliphatic carbocycles. The molecule has 4 aromatic rings. The van der Waals surface area contributed by atoms with Crippen molar-refractivity contribution in [3.8, 4) is 5.75 Å². The Balaban J connectivity index is 1.39. The number of amides is 1. The summed E-state index contributed by atoms with van der Waals surface area (Å²) in [4.78, 5) is 21.9. The number of aryl methyl sites for hydroxylation is 1. The monoisotopic (exact) mass is 432 g/mol. The van der Waals surface area contributed by atoms with Crippen LogP contribution < -0.4 is 10.1 Å². The second kappa shape index (κ2) is 8.43. The highest BCUT2D eigenvalue weighted by molar-refractivity contribution is 6.05. The van der Waals surface area contributed by atoms with Crippen LogP contribution in [0.5, 0.6) is 5.75 Å². The number of aliphatic hydroxyl groups is 1. The largest absolute Gasteiger partial charge is 0.487 e. The van der Waals surface area contributed by atoms with Crippen LogP contribution in [0.25, 0.3) is 10.9 Å². The molecule has 3 heterocycles. The number of fused-ring (bicyclic) bond motifs is 1. The van der Waals surface area contributed by atoms with Crippen molar-refractivity contribution in [2.75, 3.05) is 6.61 Å². The number of carbonyl (C=O) groups excluding carboxylic acids is 1. The number of hydrogen-bond donors (Lipinski definition) is 2. The first-order valence-electron chi connectivity index (χ1n) is 10.6. The van der Waals surface area contributed by atoms with Gasteiger partial charge in [-0.25, -0.2) is 4.98 Å². The van der Waals surface area contributed by atoms with E-state index < -0.39 is 6.04 Å². The van der Waals surface area contributed by atoms with Crippen LogP contribution in [0.4, 0.5) is 0 Å². The summed E-state index contributed by atoms with van der Waals surface area (Å²) < 4.78 is 9.45. The molecule has 0 aliphatic heterocycles. The van der Waals surface area contributed by atoms with Gasteiger partial charge in [0.15, 0.2) is 0 Å². The Kier molecular flexibility index (Phi) is 5.32. The average molecular weight is 432 g/mol. The molecule has 164 valence electrons. The van der Waals surface area contributed by atoms with Crippen LogP contribution in [-0.4, -0.2) is 41.9 Å². The van der Waals surface area contributed by atoms with E-state index in [1.165, 1.54) is 0 Å². The Morgan fingerprint density at radius 2 is 2.12 bits per heavy atom. The summed E-state index contributed by atoms with van der Waals surface area (Å²) in [5.74, 6) is 0.948. The van der Waals surface area contributed by atoms with Crippen molar-refractivity contribution < 1.29 is 14.6 Å². The van der Waals surface area contributed by atoms with Gasteiger partial charge in [0.05, 0.1) is 17.8 Å². The van der Waals surface area contributed by atoms with E-state index in [4.69, 9.17) is 4.74 Å². The van der Waals surface area contributed by atoms with E-state index in [1.807, 2.05) is 41.1 Å². The van der Waals surface area contributed by atoms with Gasteiger partial charge in [0.25, 0.3) is 5.91 Å². The third-order valence-electron chi connectivity index (χ3n) is 5.57. The maximum atomic E-state index is 13.2. The van der Waals surface area contributed by atoms with Gasteiger partial charge in [0.1, 0.15) is 29.9 Å². The second-order valence-corrected chi connectivity index (χ2v) is 7.89. The fraction of sp³-hybridized carbons (Fsp3) is 0.304. The summed E-state index contributed by atoms with van der Waals surface area (Å²) >= 11 is 0. The molecule has 1 unspecified atom stereocenters. The Bertz CT molecular complexity index is 1250. The van der Waals surface area contributed by atoms with Gasteiger partial charge in [-0.1, -0.05) is 6.07 Å². The van der Waals surface area contributed by atoms with E-state index in [-0.39, 0.29) is 12.5 Å². The number of aromatic nitrogens is 5. The van der Waals surface area contributed by atoms with Gasteiger partial charge in [0, 0.05) is 37.1 Å². The Morgan fingerprint density at radius 3 is 2.88 bits per heavy atom. The molecule has 3 aromatic heterocycles. The van der Waals surface area contributed by atoms with Gasteiger partial charge in [-0.3, -0.25) is 14.5 Å². The molecule has 1 aromatic carbocycles. The Morgan fingerprint density at radius 1 is 1.25 bits per heavy atom. The standard InChI is InChI=1S/C23H24N6O3/c1-28-21(23(31)26-20(13-30)22-25-10-11-29(22)16-5-6-16)18-12-17(7-8-19(18)27-28)32-14-15-4-2-3-9-24-15/h2-4,7-12,16,20,30H,5-6,13-14H2,1H3,(H,26,31). The number of ether oxygens (including phenoxy) is 1. The molecule has 1 atom stereocenters. The summed E-state index contributed by atoms with van der Waals surface area (Å²) in [6.45, 7) is 0.0776. The van der Waals surface area contributed by atoms with Crippen LogP contribution in [0, 0.1) is 0 Å². The zero-order valence-electron chi connectivity index (χ0n) is 17.7. The topological polar surface area (TPSA) is 107 Å². The fourth-order valence-corrected chi connectivity index (χ4v) is 3.85. The summed E-state index contributed by atoms with van der Waals surface area (Å²) in [6.07, 6.45) is 7.49. The zero-order chi connectivity index (χ0) is 22.1. The minimum absolute atomic E-state index is 0.246. The number of nitrogens with one attached hydrogen (secondary N) is 1. The lowest BCUT2D eigenvalue weighted by atomic mass is 10.1. The van der Waals surface area contributed by atoms with Gasteiger partial charge in [0.2, 0.25) is 0 Å². The van der Waals surface area contributed by atoms with Crippen molar-refractivity contribution in [2.24, 2.45) is 7.05 Å². The zero-order valence-corrected chi connectivity index (χ0v) is 17.7. The van der Waals surface area contributed by atoms with E-state index in [1.54, 1.807) is 30.2 Å². The summed E-state index contributed by atoms with van der Waals surface area (Å²) in [5, 5.41) is 18.0. The molecule has 2 N–H and O–H groups in total. The second-order valence-electron chi connectivity index (χ2n) is 7.89. The smallest absolute Gasteiger partial charge is 0.270 e. The van der Waals surface area contributed by atoms with Crippen molar-refractivity contribution in [3.05, 3.63) is 72.2 Å². The highest BCUT2D eigenvalue weighted by Gasteiger charge is 2.29. The molecular formula is C23H24N6O3. The number of nitrogens with zero attached hydrogens (tertiary/aromatic N) is 5. The van der Waals surface area contributed by atoms with Crippen LogP contribution in [0.3, 0.4) is 0 Å². The van der Waals surface area contributed by atoms with Gasteiger partial charge in [-0.05, 0) is 43.2 Å². The molecule has 1 fully saturated rings. The molecule has 9 nitrogen and oxygen atoms in total. The quantitative estimate of drug-likeness (QED) is 0.443. The number of aliphatic hydroxyl groups excluding tert-OH is 1. The third-order valence-corrected chi connectivity index (χ3v) is 5.57. The van der Waals surface area contributed by atoms with Crippen molar-refractivity contribution in [1.82, 2.24) is 29.6 Å². The van der Waals surface area contributed by atoms with Crippen LogP contribution in [0.2, 0.25) is 0 Å². The average Bonchev–Trinajstić information content (AvgIpc) is 3.44. The van der Waals surface area contributed by atoms with E-state index in [0.29, 0.717) is 40.8 Å². The van der Waals surface area contributed by atoms with E-state index in [0.717, 1.165) is 18.5 Å². The van der Waals surface area contributed by atoms with Gasteiger partial charge >= 0.3 is 0 Å². The van der Waals surface area contributed by atoms with Gasteiger partial charge < -0.3 is 19.7 Å². The summed E-state index contributed by atoms with van der Waals surface area (Å²) in [5.41, 5.74) is 1.89. The number of rotatable bonds is 8. The summed E-state index contributed by atoms with van der Waals surface area (Å²) in [7, 11) is 1.72. The maximum absolute atomic E-state index is 13.2. The lowest BCUT2D eigenvalue weighted by molar-refractivity contribution is 0.0903. The highest BCUT2D eigenvalue weighted by atomic mass is 16.5. The van der Waals surface area contributed by atoms with Crippen molar-refractivity contribution >= 4 is 16.8 Å². The van der Waals surface area contributed by atoms with E-state index >= 15 is 0 Å². The minimum atomic E-state index is -0.605. The predicted octanol–water partition coefficient (Wildman–Crippen LogP) is 2.54. The van der Waals surface area contributed by atoms with Crippen molar-refractivity contribution in [1.29, 1.82) is 0 Å². The van der Waals surface area contributed by atoms with Crippen molar-refractivity contribution in [2.45, 2.75) is 31.5 Å². The molecule has 5 rings (SSSR count). The minimum Gasteiger partial charge on any atom is -0.487 e. The van der Waals surface area contributed by atoms with Crippen LogP contribution in [0.1, 0.15) is 46.9 Å². The number of benzene rings is 1. The van der Waals surface area contributed by atoms with Crippen molar-refractivity contribution in [3.63, 3.8) is 0 Å². The van der Waals surface area contributed by atoms with Crippen LogP contribution in [0.15, 0.2) is 55.0 Å². The van der Waals surface area contributed by atoms with Crippen LogP contribution in [-0.2, 0) is 13.7 Å². The number of hydrogen-bond acceptors (Lipinski definition) is 6. The normalized spacial score (nSPS) is 14.4. The molecule has 0 spiro atoms. The van der Waals surface area contributed by atoms with Gasteiger partial charge in [-0.15, -0.1) is 0 Å². The van der Waals surface area contributed by atoms with E-state index in [9.17, 15) is 9.90 Å². The molecule has 0 saturated heterocycles. The lowest BCUT2D eigenvalue weighted by Crippen LogP contribution is -2.34.